The minimum absolute atomic E-state index is 0.428. The van der Waals surface area contributed by atoms with Crippen molar-refractivity contribution in [2.45, 2.75) is 18.1 Å². The van der Waals surface area contributed by atoms with Gasteiger partial charge in [0, 0.05) is 16.8 Å². The Labute approximate surface area is 146 Å². The van der Waals surface area contributed by atoms with E-state index in [2.05, 4.69) is 87.2 Å². The van der Waals surface area contributed by atoms with Crippen LogP contribution in [-0.2, 0) is 0 Å². The lowest BCUT2D eigenvalue weighted by molar-refractivity contribution is 0.362. The second kappa shape index (κ2) is 8.19. The second-order valence-corrected chi connectivity index (χ2v) is 7.89. The summed E-state index contributed by atoms with van der Waals surface area (Å²) in [6.07, 6.45) is 2.75. The van der Waals surface area contributed by atoms with E-state index in [1.165, 1.54) is 49.4 Å². The predicted octanol–water partition coefficient (Wildman–Crippen LogP) is 5.37. The van der Waals surface area contributed by atoms with Gasteiger partial charge in [-0.2, -0.15) is 0 Å². The first-order valence-corrected chi connectivity index (χ1v) is 9.81. The van der Waals surface area contributed by atoms with E-state index in [0.29, 0.717) is 5.25 Å². The van der Waals surface area contributed by atoms with Gasteiger partial charge >= 0.3 is 0 Å². The van der Waals surface area contributed by atoms with Crippen LogP contribution in [0, 0.1) is 0 Å². The molecule has 2 aromatic rings. The van der Waals surface area contributed by atoms with Gasteiger partial charge in [0.2, 0.25) is 0 Å². The highest BCUT2D eigenvalue weighted by atomic mass is 79.9. The molecule has 1 fully saturated rings. The number of hydrogen-bond acceptors (Lipinski definition) is 2. The molecule has 1 nitrogen and oxygen atoms in total. The Kier molecular flexibility index (Phi) is 5.99. The molecule has 0 radical (unpaired) electrons. The molecule has 0 N–H and O–H groups in total. The van der Waals surface area contributed by atoms with Crippen LogP contribution < -0.4 is 0 Å². The Morgan fingerprint density at radius 2 is 1.55 bits per heavy atom. The lowest BCUT2D eigenvalue weighted by Gasteiger charge is -2.20. The number of nitrogens with zero attached hydrogens (tertiary/aromatic N) is 1. The Bertz CT molecular complexity index is 564. The van der Waals surface area contributed by atoms with Crippen molar-refractivity contribution in [1.29, 1.82) is 0 Å². The molecule has 3 heteroatoms. The number of rotatable bonds is 6. The summed E-state index contributed by atoms with van der Waals surface area (Å²) in [6.45, 7) is 3.79. The van der Waals surface area contributed by atoms with E-state index in [0.717, 1.165) is 4.47 Å². The maximum atomic E-state index is 3.53. The molecule has 1 aliphatic rings. The Balaban J connectivity index is 1.70. The molecule has 2 aromatic carbocycles. The summed E-state index contributed by atoms with van der Waals surface area (Å²) in [5.41, 5.74) is 2.79. The number of likely N-dealkylation sites (tertiary alicyclic amines) is 1. The van der Waals surface area contributed by atoms with Crippen molar-refractivity contribution in [3.8, 4) is 0 Å². The maximum absolute atomic E-state index is 3.53. The summed E-state index contributed by atoms with van der Waals surface area (Å²) in [7, 11) is 0. The zero-order valence-electron chi connectivity index (χ0n) is 12.7. The summed E-state index contributed by atoms with van der Waals surface area (Å²) in [6, 6.07) is 19.6. The number of thioether (sulfide) groups is 1. The fourth-order valence-electron chi connectivity index (χ4n) is 2.96. The van der Waals surface area contributed by atoms with Gasteiger partial charge in [-0.1, -0.05) is 58.4 Å². The largest absolute Gasteiger partial charge is 0.303 e. The Morgan fingerprint density at radius 1 is 0.909 bits per heavy atom. The molecule has 0 aromatic heterocycles. The first kappa shape index (κ1) is 16.1. The highest BCUT2D eigenvalue weighted by Gasteiger charge is 2.16. The highest BCUT2D eigenvalue weighted by molar-refractivity contribution is 9.10. The zero-order valence-corrected chi connectivity index (χ0v) is 15.2. The second-order valence-electron chi connectivity index (χ2n) is 5.76. The third kappa shape index (κ3) is 4.37. The van der Waals surface area contributed by atoms with Crippen LogP contribution in [0.25, 0.3) is 0 Å². The van der Waals surface area contributed by atoms with Crippen molar-refractivity contribution in [2.75, 3.05) is 25.4 Å². The van der Waals surface area contributed by atoms with Crippen LogP contribution >= 0.6 is 27.7 Å². The van der Waals surface area contributed by atoms with Crippen LogP contribution in [0.15, 0.2) is 59.1 Å². The molecular weight excluding hydrogens is 354 g/mol. The quantitative estimate of drug-likeness (QED) is 0.667. The first-order valence-electron chi connectivity index (χ1n) is 7.97. The smallest absolute Gasteiger partial charge is 0.0547 e. The molecule has 0 amide bonds. The minimum atomic E-state index is 0.428. The van der Waals surface area contributed by atoms with Gasteiger partial charge in [-0.15, -0.1) is 11.8 Å². The maximum Gasteiger partial charge on any atom is 0.0547 e. The topological polar surface area (TPSA) is 3.24 Å². The minimum Gasteiger partial charge on any atom is -0.303 e. The summed E-state index contributed by atoms with van der Waals surface area (Å²) >= 11 is 5.60. The van der Waals surface area contributed by atoms with Crippen LogP contribution in [0.3, 0.4) is 0 Å². The third-order valence-corrected chi connectivity index (χ3v) is 5.99. The normalized spacial score (nSPS) is 16.8. The van der Waals surface area contributed by atoms with Crippen LogP contribution in [0.5, 0.6) is 0 Å². The molecule has 0 unspecified atom stereocenters. The number of hydrogen-bond donors (Lipinski definition) is 0. The fourth-order valence-corrected chi connectivity index (χ4v) is 4.52. The molecule has 1 heterocycles. The van der Waals surface area contributed by atoms with Crippen molar-refractivity contribution < 1.29 is 0 Å². The summed E-state index contributed by atoms with van der Waals surface area (Å²) in [5.74, 6) is 1.19. The van der Waals surface area contributed by atoms with Crippen LogP contribution in [0.4, 0.5) is 0 Å². The van der Waals surface area contributed by atoms with Gasteiger partial charge in [0.25, 0.3) is 0 Å². The van der Waals surface area contributed by atoms with E-state index in [1.807, 2.05) is 0 Å². The first-order chi connectivity index (χ1) is 10.8. The van der Waals surface area contributed by atoms with E-state index in [9.17, 15) is 0 Å². The molecule has 116 valence electrons. The van der Waals surface area contributed by atoms with Crippen molar-refractivity contribution >= 4 is 27.7 Å². The lowest BCUT2D eigenvalue weighted by atomic mass is 10.0. The van der Waals surface area contributed by atoms with Gasteiger partial charge < -0.3 is 4.90 Å². The Morgan fingerprint density at radius 3 is 2.23 bits per heavy atom. The fraction of sp³-hybridized carbons (Fsp3) is 0.368. The SMILES string of the molecule is Brc1ccc([C@H](SCCN2CCCC2)c2ccccc2)cc1. The van der Waals surface area contributed by atoms with E-state index in [4.69, 9.17) is 0 Å². The number of benzene rings is 2. The molecule has 1 atom stereocenters. The number of halogens is 1. The van der Waals surface area contributed by atoms with Gasteiger partial charge in [0.15, 0.2) is 0 Å². The summed E-state index contributed by atoms with van der Waals surface area (Å²) in [4.78, 5) is 2.59. The van der Waals surface area contributed by atoms with Crippen molar-refractivity contribution in [3.63, 3.8) is 0 Å². The van der Waals surface area contributed by atoms with Gasteiger partial charge in [0.1, 0.15) is 0 Å². The average Bonchev–Trinajstić information content (AvgIpc) is 3.07. The van der Waals surface area contributed by atoms with Gasteiger partial charge in [-0.25, -0.2) is 0 Å². The third-order valence-electron chi connectivity index (χ3n) is 4.17. The molecular formula is C19H22BrNS. The van der Waals surface area contributed by atoms with Crippen LogP contribution in [0.2, 0.25) is 0 Å². The summed E-state index contributed by atoms with van der Waals surface area (Å²) in [5, 5.41) is 0.428. The molecule has 1 aliphatic heterocycles. The molecule has 0 bridgehead atoms. The van der Waals surface area contributed by atoms with Gasteiger partial charge in [-0.3, -0.25) is 0 Å². The molecule has 0 aliphatic carbocycles. The average molecular weight is 376 g/mol. The van der Waals surface area contributed by atoms with Crippen molar-refractivity contribution in [3.05, 3.63) is 70.2 Å². The molecule has 0 spiro atoms. The van der Waals surface area contributed by atoms with E-state index in [-0.39, 0.29) is 0 Å². The van der Waals surface area contributed by atoms with E-state index in [1.54, 1.807) is 0 Å². The van der Waals surface area contributed by atoms with Crippen LogP contribution in [-0.4, -0.2) is 30.3 Å². The zero-order chi connectivity index (χ0) is 15.2. The predicted molar refractivity (Wildman–Crippen MR) is 101 cm³/mol. The monoisotopic (exact) mass is 375 g/mol. The van der Waals surface area contributed by atoms with Crippen LogP contribution in [0.1, 0.15) is 29.2 Å². The van der Waals surface area contributed by atoms with E-state index < -0.39 is 0 Å². The standard InChI is InChI=1S/C19H22BrNS/c20-18-10-8-17(9-11-18)19(16-6-2-1-3-7-16)22-15-14-21-12-4-5-13-21/h1-3,6-11,19H,4-5,12-15H2/t19-/m1/s1. The molecule has 22 heavy (non-hydrogen) atoms. The molecule has 0 saturated carbocycles. The molecule has 3 rings (SSSR count). The van der Waals surface area contributed by atoms with Gasteiger partial charge in [0.05, 0.1) is 5.25 Å². The van der Waals surface area contributed by atoms with E-state index >= 15 is 0 Å². The Hall–Kier alpha value is -0.770. The van der Waals surface area contributed by atoms with Crippen molar-refractivity contribution in [1.82, 2.24) is 4.90 Å². The molecule has 1 saturated heterocycles. The lowest BCUT2D eigenvalue weighted by Crippen LogP contribution is -2.22. The highest BCUT2D eigenvalue weighted by Crippen LogP contribution is 2.36. The van der Waals surface area contributed by atoms with Crippen molar-refractivity contribution in [2.24, 2.45) is 0 Å². The summed E-state index contributed by atoms with van der Waals surface area (Å²) < 4.78 is 1.14. The van der Waals surface area contributed by atoms with Gasteiger partial charge in [-0.05, 0) is 49.2 Å².